The van der Waals surface area contributed by atoms with Gasteiger partial charge in [-0.1, -0.05) is 63.2 Å². The lowest BCUT2D eigenvalue weighted by Gasteiger charge is -2.19. The summed E-state index contributed by atoms with van der Waals surface area (Å²) in [5.41, 5.74) is 2.47. The number of ketones is 1. The molecule has 1 fully saturated rings. The summed E-state index contributed by atoms with van der Waals surface area (Å²) in [6.07, 6.45) is 0.0523. The van der Waals surface area contributed by atoms with Crippen molar-refractivity contribution in [3.05, 3.63) is 90.0 Å². The van der Waals surface area contributed by atoms with Gasteiger partial charge in [0.05, 0.1) is 5.92 Å². The predicted octanol–water partition coefficient (Wildman–Crippen LogP) is 5.56. The van der Waals surface area contributed by atoms with Gasteiger partial charge in [0.2, 0.25) is 5.91 Å². The predicted molar refractivity (Wildman–Crippen MR) is 134 cm³/mol. The summed E-state index contributed by atoms with van der Waals surface area (Å²) >= 11 is 0. The van der Waals surface area contributed by atoms with Gasteiger partial charge >= 0.3 is 5.97 Å². The zero-order valence-corrected chi connectivity index (χ0v) is 20.2. The number of carbonyl (C=O) groups is 3. The smallest absolute Gasteiger partial charge is 0.311 e. The highest BCUT2D eigenvalue weighted by molar-refractivity contribution is 6.01. The van der Waals surface area contributed by atoms with Gasteiger partial charge in [-0.15, -0.1) is 0 Å². The highest BCUT2D eigenvalue weighted by Gasteiger charge is 2.36. The van der Waals surface area contributed by atoms with E-state index in [9.17, 15) is 14.4 Å². The van der Waals surface area contributed by atoms with Gasteiger partial charge in [-0.05, 0) is 47.4 Å². The van der Waals surface area contributed by atoms with Crippen LogP contribution in [0, 0.1) is 5.92 Å². The molecule has 1 atom stereocenters. The van der Waals surface area contributed by atoms with E-state index < -0.39 is 11.9 Å². The Hall–Kier alpha value is -3.93. The first kappa shape index (κ1) is 24.2. The first-order valence-corrected chi connectivity index (χ1v) is 11.6. The first-order chi connectivity index (χ1) is 16.7. The van der Waals surface area contributed by atoms with Crippen LogP contribution in [0.2, 0.25) is 0 Å². The Morgan fingerprint density at radius 3 is 2.09 bits per heavy atom. The quantitative estimate of drug-likeness (QED) is 0.333. The summed E-state index contributed by atoms with van der Waals surface area (Å²) in [6.45, 7) is 6.36. The first-order valence-electron chi connectivity index (χ1n) is 11.6. The third-order valence-electron chi connectivity index (χ3n) is 6.00. The molecule has 6 nitrogen and oxygen atoms in total. The van der Waals surface area contributed by atoms with Crippen molar-refractivity contribution >= 4 is 23.3 Å². The topological polar surface area (TPSA) is 72.9 Å². The monoisotopic (exact) mass is 471 g/mol. The summed E-state index contributed by atoms with van der Waals surface area (Å²) in [6, 6.07) is 23.8. The van der Waals surface area contributed by atoms with Crippen molar-refractivity contribution in [3.63, 3.8) is 0 Å². The molecule has 0 unspecified atom stereocenters. The van der Waals surface area contributed by atoms with Gasteiger partial charge in [-0.2, -0.15) is 0 Å². The fourth-order valence-corrected chi connectivity index (χ4v) is 3.93. The van der Waals surface area contributed by atoms with Gasteiger partial charge in [0.1, 0.15) is 11.5 Å². The van der Waals surface area contributed by atoms with Gasteiger partial charge in [-0.25, -0.2) is 0 Å². The van der Waals surface area contributed by atoms with E-state index in [4.69, 9.17) is 9.47 Å². The summed E-state index contributed by atoms with van der Waals surface area (Å²) in [4.78, 5) is 38.8. The molecule has 35 heavy (non-hydrogen) atoms. The molecule has 180 valence electrons. The highest BCUT2D eigenvalue weighted by atomic mass is 16.5. The van der Waals surface area contributed by atoms with Crippen LogP contribution in [-0.4, -0.2) is 30.8 Å². The molecule has 3 aromatic rings. The molecule has 0 aliphatic carbocycles. The van der Waals surface area contributed by atoms with Gasteiger partial charge in [0.25, 0.3) is 0 Å². The van der Waals surface area contributed by atoms with Crippen LogP contribution in [0.1, 0.15) is 43.1 Å². The van der Waals surface area contributed by atoms with Crippen molar-refractivity contribution in [2.45, 2.75) is 32.6 Å². The maximum Gasteiger partial charge on any atom is 0.311 e. The average Bonchev–Trinajstić information content (AvgIpc) is 3.25. The SMILES string of the molecule is CC(C)(C)c1ccc(Oc2ccc(N3C[C@H](C(=O)OCC(=O)c4ccccc4)CC3=O)cc2)cc1. The number of Topliss-reactive ketones (excluding diaryl/α,β-unsaturated/α-hetero) is 1. The molecule has 3 aromatic carbocycles. The zero-order chi connectivity index (χ0) is 25.0. The number of carbonyl (C=O) groups excluding carboxylic acids is 3. The molecular formula is C29H29NO5. The van der Waals surface area contributed by atoms with Crippen molar-refractivity contribution < 1.29 is 23.9 Å². The van der Waals surface area contributed by atoms with E-state index in [1.807, 2.05) is 18.2 Å². The minimum Gasteiger partial charge on any atom is -0.457 e. The average molecular weight is 472 g/mol. The Labute approximate surface area is 205 Å². The Kier molecular flexibility index (Phi) is 7.01. The second-order valence-electron chi connectivity index (χ2n) is 9.67. The van der Waals surface area contributed by atoms with Crippen LogP contribution in [-0.2, 0) is 19.7 Å². The lowest BCUT2D eigenvalue weighted by atomic mass is 9.87. The number of anilines is 1. The molecule has 0 radical (unpaired) electrons. The molecule has 4 rings (SSSR count). The number of rotatable bonds is 7. The van der Waals surface area contributed by atoms with Crippen molar-refractivity contribution in [3.8, 4) is 11.5 Å². The second kappa shape index (κ2) is 10.1. The molecule has 1 heterocycles. The normalized spacial score (nSPS) is 15.7. The molecule has 1 aliphatic rings. The standard InChI is InChI=1S/C29H29NO5/c1-29(2,3)22-9-13-24(14-10-22)35-25-15-11-23(12-16-25)30-18-21(17-27(30)32)28(33)34-19-26(31)20-7-5-4-6-8-20/h4-16,21H,17-19H2,1-3H3/t21-/m1/s1. The summed E-state index contributed by atoms with van der Waals surface area (Å²) in [7, 11) is 0. The van der Waals surface area contributed by atoms with E-state index in [-0.39, 0.29) is 36.7 Å². The van der Waals surface area contributed by atoms with Crippen LogP contribution in [0.25, 0.3) is 0 Å². The van der Waals surface area contributed by atoms with Gasteiger partial charge in [0.15, 0.2) is 12.4 Å². The van der Waals surface area contributed by atoms with E-state index in [0.29, 0.717) is 17.0 Å². The number of ether oxygens (including phenoxy) is 2. The number of benzene rings is 3. The molecule has 6 heteroatoms. The molecular weight excluding hydrogens is 442 g/mol. The largest absolute Gasteiger partial charge is 0.457 e. The molecule has 0 N–H and O–H groups in total. The minimum absolute atomic E-state index is 0.0523. The number of nitrogens with zero attached hydrogens (tertiary/aromatic N) is 1. The number of esters is 1. The van der Waals surface area contributed by atoms with Crippen molar-refractivity contribution in [2.75, 3.05) is 18.1 Å². The van der Waals surface area contributed by atoms with E-state index in [1.165, 1.54) is 5.56 Å². The molecule has 0 aromatic heterocycles. The van der Waals surface area contributed by atoms with E-state index >= 15 is 0 Å². The lowest BCUT2D eigenvalue weighted by molar-refractivity contribution is -0.147. The second-order valence-corrected chi connectivity index (χ2v) is 9.67. The third kappa shape index (κ3) is 5.96. The molecule has 0 spiro atoms. The molecule has 0 saturated carbocycles. The van der Waals surface area contributed by atoms with Crippen LogP contribution >= 0.6 is 0 Å². The third-order valence-corrected chi connectivity index (χ3v) is 6.00. The van der Waals surface area contributed by atoms with E-state index in [2.05, 4.69) is 32.9 Å². The summed E-state index contributed by atoms with van der Waals surface area (Å²) < 4.78 is 11.1. The molecule has 0 bridgehead atoms. The lowest BCUT2D eigenvalue weighted by Crippen LogP contribution is -2.27. The summed E-state index contributed by atoms with van der Waals surface area (Å²) in [5, 5.41) is 0. The minimum atomic E-state index is -0.608. The highest BCUT2D eigenvalue weighted by Crippen LogP contribution is 2.30. The number of amides is 1. The Morgan fingerprint density at radius 1 is 0.886 bits per heavy atom. The fraction of sp³-hybridized carbons (Fsp3) is 0.276. The molecule has 1 aliphatic heterocycles. The number of hydrogen-bond acceptors (Lipinski definition) is 5. The zero-order valence-electron chi connectivity index (χ0n) is 20.2. The van der Waals surface area contributed by atoms with Gasteiger partial charge < -0.3 is 14.4 Å². The molecule has 1 saturated heterocycles. The van der Waals surface area contributed by atoms with Crippen molar-refractivity contribution in [2.24, 2.45) is 5.92 Å². The van der Waals surface area contributed by atoms with E-state index in [1.54, 1.807) is 53.4 Å². The maximum absolute atomic E-state index is 12.6. The van der Waals surface area contributed by atoms with Crippen molar-refractivity contribution in [1.82, 2.24) is 0 Å². The Bertz CT molecular complexity index is 1190. The Morgan fingerprint density at radius 2 is 1.49 bits per heavy atom. The van der Waals surface area contributed by atoms with Crippen LogP contribution in [0.4, 0.5) is 5.69 Å². The molecule has 1 amide bonds. The van der Waals surface area contributed by atoms with Gasteiger partial charge in [0, 0.05) is 24.2 Å². The van der Waals surface area contributed by atoms with E-state index in [0.717, 1.165) is 5.75 Å². The van der Waals surface area contributed by atoms with Crippen LogP contribution < -0.4 is 9.64 Å². The fourth-order valence-electron chi connectivity index (χ4n) is 3.93. The Balaban J connectivity index is 1.32. The number of hydrogen-bond donors (Lipinski definition) is 0. The van der Waals surface area contributed by atoms with Crippen LogP contribution in [0.15, 0.2) is 78.9 Å². The van der Waals surface area contributed by atoms with Gasteiger partial charge in [-0.3, -0.25) is 14.4 Å². The van der Waals surface area contributed by atoms with Crippen LogP contribution in [0.5, 0.6) is 11.5 Å². The van der Waals surface area contributed by atoms with Crippen molar-refractivity contribution in [1.29, 1.82) is 0 Å². The van der Waals surface area contributed by atoms with Crippen LogP contribution in [0.3, 0.4) is 0 Å². The summed E-state index contributed by atoms with van der Waals surface area (Å²) in [5.74, 6) is -0.196. The maximum atomic E-state index is 12.6.